The normalized spacial score (nSPS) is 33.6. The minimum Gasteiger partial charge on any atom is -0.303 e. The van der Waals surface area contributed by atoms with Gasteiger partial charge < -0.3 is 9.47 Å². The van der Waals surface area contributed by atoms with Gasteiger partial charge in [-0.05, 0) is 18.9 Å². The van der Waals surface area contributed by atoms with Crippen molar-refractivity contribution >= 4 is 0 Å². The number of rotatable bonds is 0. The van der Waals surface area contributed by atoms with Crippen LogP contribution in [0.25, 0.3) is 0 Å². The number of ether oxygens (including phenoxy) is 4. The van der Waals surface area contributed by atoms with Gasteiger partial charge in [0.1, 0.15) is 0 Å². The van der Waals surface area contributed by atoms with Crippen LogP contribution in [0.5, 0.6) is 0 Å². The summed E-state index contributed by atoms with van der Waals surface area (Å²) in [5.41, 5.74) is 0.899. The van der Waals surface area contributed by atoms with Crippen molar-refractivity contribution in [2.75, 3.05) is 19.8 Å². The molecule has 1 spiro atoms. The van der Waals surface area contributed by atoms with Crippen LogP contribution < -0.4 is 0 Å². The van der Waals surface area contributed by atoms with Gasteiger partial charge in [-0.3, -0.25) is 9.47 Å². The highest BCUT2D eigenvalue weighted by Crippen LogP contribution is 2.29. The second kappa shape index (κ2) is 3.38. The lowest BCUT2D eigenvalue weighted by molar-refractivity contribution is -0.527. The molecule has 1 unspecified atom stereocenters. The van der Waals surface area contributed by atoms with E-state index < -0.39 is 6.16 Å². The van der Waals surface area contributed by atoms with E-state index in [0.29, 0.717) is 19.8 Å². The molecule has 2 fully saturated rings. The Kier molecular flexibility index (Phi) is 2.38. The van der Waals surface area contributed by atoms with Crippen molar-refractivity contribution in [1.29, 1.82) is 0 Å². The molecule has 2 rings (SSSR count). The number of hydrogen-bond acceptors (Lipinski definition) is 4. The third kappa shape index (κ3) is 1.91. The predicted octanol–water partition coefficient (Wildman–Crippen LogP) is 1.03. The van der Waals surface area contributed by atoms with E-state index in [-0.39, 0.29) is 6.10 Å². The van der Waals surface area contributed by atoms with Gasteiger partial charge in [0.25, 0.3) is 0 Å². The van der Waals surface area contributed by atoms with Gasteiger partial charge in [-0.25, -0.2) is 0 Å². The molecule has 2 heterocycles. The lowest BCUT2D eigenvalue weighted by Crippen LogP contribution is -2.51. The standard InChI is InChI=1S/C9H14O4/c1-7-5-11-9(12-6-7)10-4-3-8(2)13-9/h8H,1,3-6H2,2H3. The molecule has 13 heavy (non-hydrogen) atoms. The molecule has 2 saturated heterocycles. The fraction of sp³-hybridized carbons (Fsp3) is 0.778. The van der Waals surface area contributed by atoms with Crippen LogP contribution in [0.4, 0.5) is 0 Å². The van der Waals surface area contributed by atoms with E-state index in [9.17, 15) is 0 Å². The smallest absolute Gasteiger partial charge is 0.303 e. The van der Waals surface area contributed by atoms with Gasteiger partial charge in [0.05, 0.1) is 25.9 Å². The molecule has 0 aromatic rings. The summed E-state index contributed by atoms with van der Waals surface area (Å²) in [6.07, 6.45) is -0.269. The number of hydrogen-bond donors (Lipinski definition) is 0. The Morgan fingerprint density at radius 3 is 2.62 bits per heavy atom. The van der Waals surface area contributed by atoms with Crippen LogP contribution in [-0.4, -0.2) is 32.1 Å². The van der Waals surface area contributed by atoms with Crippen molar-refractivity contribution in [2.24, 2.45) is 0 Å². The molecule has 0 bridgehead atoms. The summed E-state index contributed by atoms with van der Waals surface area (Å²) in [6, 6.07) is 0. The van der Waals surface area contributed by atoms with E-state index in [0.717, 1.165) is 12.0 Å². The SMILES string of the molecule is C=C1COC2(OCCC(C)O2)OC1. The van der Waals surface area contributed by atoms with E-state index in [1.807, 2.05) is 6.92 Å². The molecule has 2 aliphatic heterocycles. The average Bonchev–Trinajstić information content (AvgIpc) is 2.11. The van der Waals surface area contributed by atoms with E-state index >= 15 is 0 Å². The lowest BCUT2D eigenvalue weighted by atomic mass is 10.3. The maximum atomic E-state index is 5.46. The third-order valence-electron chi connectivity index (χ3n) is 2.05. The second-order valence-corrected chi connectivity index (χ2v) is 3.39. The van der Waals surface area contributed by atoms with Crippen LogP contribution in [0, 0.1) is 0 Å². The molecule has 0 aromatic carbocycles. The highest BCUT2D eigenvalue weighted by molar-refractivity contribution is 4.96. The molecule has 0 aliphatic carbocycles. The van der Waals surface area contributed by atoms with Crippen LogP contribution in [-0.2, 0) is 18.9 Å². The van der Waals surface area contributed by atoms with E-state index in [1.54, 1.807) is 0 Å². The largest absolute Gasteiger partial charge is 0.413 e. The molecule has 4 nitrogen and oxygen atoms in total. The Bertz CT molecular complexity index is 204. The maximum Gasteiger partial charge on any atom is 0.413 e. The minimum atomic E-state index is -1.25. The first-order chi connectivity index (χ1) is 6.20. The van der Waals surface area contributed by atoms with Crippen molar-refractivity contribution in [3.05, 3.63) is 12.2 Å². The van der Waals surface area contributed by atoms with Crippen molar-refractivity contribution in [3.8, 4) is 0 Å². The summed E-state index contributed by atoms with van der Waals surface area (Å²) in [6.45, 7) is 7.20. The Morgan fingerprint density at radius 1 is 1.31 bits per heavy atom. The van der Waals surface area contributed by atoms with E-state index in [2.05, 4.69) is 6.58 Å². The topological polar surface area (TPSA) is 36.9 Å². The van der Waals surface area contributed by atoms with Gasteiger partial charge in [-0.15, -0.1) is 0 Å². The molecule has 0 N–H and O–H groups in total. The summed E-state index contributed by atoms with van der Waals surface area (Å²) >= 11 is 0. The quantitative estimate of drug-likeness (QED) is 0.529. The Hall–Kier alpha value is -0.420. The maximum absolute atomic E-state index is 5.46. The molecule has 4 heteroatoms. The summed E-state index contributed by atoms with van der Waals surface area (Å²) in [5.74, 6) is 0. The Labute approximate surface area is 77.4 Å². The van der Waals surface area contributed by atoms with Crippen molar-refractivity contribution in [1.82, 2.24) is 0 Å². The van der Waals surface area contributed by atoms with Crippen molar-refractivity contribution in [2.45, 2.75) is 25.6 Å². The van der Waals surface area contributed by atoms with Gasteiger partial charge in [-0.2, -0.15) is 0 Å². The summed E-state index contributed by atoms with van der Waals surface area (Å²) in [5, 5.41) is 0. The molecule has 74 valence electrons. The van der Waals surface area contributed by atoms with Crippen LogP contribution in [0.15, 0.2) is 12.2 Å². The first-order valence-electron chi connectivity index (χ1n) is 4.46. The van der Waals surface area contributed by atoms with Gasteiger partial charge >= 0.3 is 6.16 Å². The fourth-order valence-electron chi connectivity index (χ4n) is 1.30. The van der Waals surface area contributed by atoms with Gasteiger partial charge in [-0.1, -0.05) is 6.58 Å². The van der Waals surface area contributed by atoms with Gasteiger partial charge in [0.2, 0.25) is 0 Å². The van der Waals surface area contributed by atoms with Crippen molar-refractivity contribution < 1.29 is 18.9 Å². The first-order valence-corrected chi connectivity index (χ1v) is 4.46. The zero-order chi connectivity index (χ0) is 9.31. The predicted molar refractivity (Wildman–Crippen MR) is 44.9 cm³/mol. The zero-order valence-corrected chi connectivity index (χ0v) is 7.75. The first kappa shape index (κ1) is 9.15. The lowest BCUT2D eigenvalue weighted by Gasteiger charge is -2.40. The van der Waals surface area contributed by atoms with Crippen molar-refractivity contribution in [3.63, 3.8) is 0 Å². The van der Waals surface area contributed by atoms with Crippen LogP contribution in [0.3, 0.4) is 0 Å². The molecule has 2 aliphatic rings. The molecular formula is C9H14O4. The van der Waals surface area contributed by atoms with E-state index in [1.165, 1.54) is 0 Å². The highest BCUT2D eigenvalue weighted by Gasteiger charge is 2.43. The Morgan fingerprint density at radius 2 is 2.00 bits per heavy atom. The molecule has 0 saturated carbocycles. The highest BCUT2D eigenvalue weighted by atomic mass is 17.0. The molecule has 0 radical (unpaired) electrons. The minimum absolute atomic E-state index is 0.111. The van der Waals surface area contributed by atoms with Crippen LogP contribution >= 0.6 is 0 Å². The third-order valence-corrected chi connectivity index (χ3v) is 2.05. The Balaban J connectivity index is 1.99. The monoisotopic (exact) mass is 186 g/mol. The zero-order valence-electron chi connectivity index (χ0n) is 7.75. The summed E-state index contributed by atoms with van der Waals surface area (Å²) in [7, 11) is 0. The van der Waals surface area contributed by atoms with Gasteiger partial charge in [0.15, 0.2) is 0 Å². The summed E-state index contributed by atoms with van der Waals surface area (Å²) in [4.78, 5) is 0. The molecule has 0 aromatic heterocycles. The van der Waals surface area contributed by atoms with E-state index in [4.69, 9.17) is 18.9 Å². The van der Waals surface area contributed by atoms with Crippen LogP contribution in [0.1, 0.15) is 13.3 Å². The second-order valence-electron chi connectivity index (χ2n) is 3.39. The fourth-order valence-corrected chi connectivity index (χ4v) is 1.30. The van der Waals surface area contributed by atoms with Gasteiger partial charge in [0, 0.05) is 0 Å². The van der Waals surface area contributed by atoms with Crippen LogP contribution in [0.2, 0.25) is 0 Å². The molecule has 0 amide bonds. The molecule has 1 atom stereocenters. The molecular weight excluding hydrogens is 172 g/mol. The average molecular weight is 186 g/mol. The summed E-state index contributed by atoms with van der Waals surface area (Å²) < 4.78 is 21.4.